The van der Waals surface area contributed by atoms with Crippen LogP contribution in [0.5, 0.6) is 11.5 Å². The van der Waals surface area contributed by atoms with E-state index >= 15 is 0 Å². The van der Waals surface area contributed by atoms with Gasteiger partial charge in [-0.3, -0.25) is 9.59 Å². The molecule has 0 aliphatic carbocycles. The molecule has 8 heteroatoms. The lowest BCUT2D eigenvalue weighted by Gasteiger charge is -2.19. The second-order valence-corrected chi connectivity index (χ2v) is 6.73. The predicted octanol–water partition coefficient (Wildman–Crippen LogP) is 2.99. The fourth-order valence-corrected chi connectivity index (χ4v) is 3.09. The lowest BCUT2D eigenvalue weighted by Crippen LogP contribution is -2.18. The second kappa shape index (κ2) is 8.88. The maximum Gasteiger partial charge on any atom is 0.250 e. The molecule has 1 aliphatic rings. The highest BCUT2D eigenvalue weighted by Gasteiger charge is 2.16. The molecule has 0 unspecified atom stereocenters. The third kappa shape index (κ3) is 5.21. The van der Waals surface area contributed by atoms with E-state index in [2.05, 4.69) is 26.6 Å². The van der Waals surface area contributed by atoms with E-state index in [1.54, 1.807) is 30.3 Å². The summed E-state index contributed by atoms with van der Waals surface area (Å²) >= 11 is 3.47. The molecule has 0 radical (unpaired) electrons. The summed E-state index contributed by atoms with van der Waals surface area (Å²) in [7, 11) is 1.45. The Morgan fingerprint density at radius 3 is 2.33 bits per heavy atom. The third-order valence-electron chi connectivity index (χ3n) is 3.77. The van der Waals surface area contributed by atoms with E-state index in [1.807, 2.05) is 6.07 Å². The van der Waals surface area contributed by atoms with Gasteiger partial charge < -0.3 is 24.8 Å². The normalized spacial score (nSPS) is 12.4. The van der Waals surface area contributed by atoms with E-state index in [4.69, 9.17) is 14.2 Å². The molecule has 2 amide bonds. The van der Waals surface area contributed by atoms with Crippen molar-refractivity contribution in [2.45, 2.75) is 6.42 Å². The molecule has 2 aromatic rings. The lowest BCUT2D eigenvalue weighted by molar-refractivity contribution is -0.119. The Labute approximate surface area is 165 Å². The van der Waals surface area contributed by atoms with Crippen molar-refractivity contribution < 1.29 is 23.8 Å². The van der Waals surface area contributed by atoms with E-state index in [-0.39, 0.29) is 24.8 Å². The number of amides is 2. The summed E-state index contributed by atoms with van der Waals surface area (Å²) in [6, 6.07) is 10.5. The first kappa shape index (κ1) is 19.2. The minimum Gasteiger partial charge on any atom is -0.486 e. The maximum atomic E-state index is 12.4. The van der Waals surface area contributed by atoms with Crippen molar-refractivity contribution >= 4 is 39.1 Å². The predicted molar refractivity (Wildman–Crippen MR) is 104 cm³/mol. The summed E-state index contributed by atoms with van der Waals surface area (Å²) in [5.41, 5.74) is 1.96. The molecule has 0 atom stereocenters. The molecule has 2 aromatic carbocycles. The number of carbonyl (C=O) groups is 2. The zero-order valence-electron chi connectivity index (χ0n) is 14.7. The van der Waals surface area contributed by atoms with Gasteiger partial charge in [0.1, 0.15) is 19.8 Å². The Balaban J connectivity index is 1.65. The van der Waals surface area contributed by atoms with Crippen LogP contribution >= 0.6 is 15.9 Å². The van der Waals surface area contributed by atoms with Gasteiger partial charge in [0, 0.05) is 23.0 Å². The number of hydrogen-bond donors (Lipinski definition) is 2. The van der Waals surface area contributed by atoms with Gasteiger partial charge in [-0.25, -0.2) is 0 Å². The molecule has 0 bridgehead atoms. The smallest absolute Gasteiger partial charge is 0.250 e. The molecule has 2 N–H and O–H groups in total. The highest BCUT2D eigenvalue weighted by atomic mass is 79.9. The standard InChI is InChI=1S/C19H19BrN2O5/c1-25-11-19(24)22-14-4-2-3-13(9-14)21-18(23)8-12-7-16-17(10-15(12)20)27-6-5-26-16/h2-4,7,9-10H,5-6,8,11H2,1H3,(H,21,23)(H,22,24). The van der Waals surface area contributed by atoms with Crippen LogP contribution in [0.15, 0.2) is 40.9 Å². The molecule has 27 heavy (non-hydrogen) atoms. The van der Waals surface area contributed by atoms with E-state index in [0.29, 0.717) is 36.1 Å². The summed E-state index contributed by atoms with van der Waals surface area (Å²) < 4.78 is 16.6. The first-order valence-electron chi connectivity index (χ1n) is 8.32. The molecule has 3 rings (SSSR count). The molecule has 0 fully saturated rings. The van der Waals surface area contributed by atoms with Gasteiger partial charge in [-0.05, 0) is 35.9 Å². The quantitative estimate of drug-likeness (QED) is 0.729. The number of halogens is 1. The van der Waals surface area contributed by atoms with E-state index in [0.717, 1.165) is 10.0 Å². The maximum absolute atomic E-state index is 12.4. The van der Waals surface area contributed by atoms with Crippen molar-refractivity contribution in [2.75, 3.05) is 37.6 Å². The van der Waals surface area contributed by atoms with Crippen molar-refractivity contribution in [2.24, 2.45) is 0 Å². The first-order valence-corrected chi connectivity index (χ1v) is 9.11. The third-order valence-corrected chi connectivity index (χ3v) is 4.51. The molecule has 142 valence electrons. The number of benzene rings is 2. The van der Waals surface area contributed by atoms with E-state index in [9.17, 15) is 9.59 Å². The monoisotopic (exact) mass is 434 g/mol. The molecule has 0 aromatic heterocycles. The Bertz CT molecular complexity index is 856. The summed E-state index contributed by atoms with van der Waals surface area (Å²) in [5.74, 6) is 0.848. The van der Waals surface area contributed by atoms with Crippen molar-refractivity contribution in [3.63, 3.8) is 0 Å². The SMILES string of the molecule is COCC(=O)Nc1cccc(NC(=O)Cc2cc3c(cc2Br)OCCO3)c1. The molecular formula is C19H19BrN2O5. The lowest BCUT2D eigenvalue weighted by atomic mass is 10.1. The molecule has 1 aliphatic heterocycles. The summed E-state index contributed by atoms with van der Waals surface area (Å²) in [4.78, 5) is 24.0. The van der Waals surface area contributed by atoms with Crippen LogP contribution in [0.4, 0.5) is 11.4 Å². The Morgan fingerprint density at radius 1 is 1.04 bits per heavy atom. The highest BCUT2D eigenvalue weighted by Crippen LogP contribution is 2.35. The molecule has 0 saturated heterocycles. The minimum absolute atomic E-state index is 0.0330. The number of rotatable bonds is 6. The summed E-state index contributed by atoms with van der Waals surface area (Å²) in [5, 5.41) is 5.53. The number of hydrogen-bond acceptors (Lipinski definition) is 5. The van der Waals surface area contributed by atoms with Gasteiger partial charge in [0.2, 0.25) is 11.8 Å². The van der Waals surface area contributed by atoms with Gasteiger partial charge in [0.25, 0.3) is 0 Å². The van der Waals surface area contributed by atoms with Crippen LogP contribution in [-0.4, -0.2) is 38.7 Å². The van der Waals surface area contributed by atoms with Crippen molar-refractivity contribution in [3.8, 4) is 11.5 Å². The van der Waals surface area contributed by atoms with Crippen LogP contribution in [0.3, 0.4) is 0 Å². The van der Waals surface area contributed by atoms with Crippen molar-refractivity contribution in [3.05, 3.63) is 46.4 Å². The van der Waals surface area contributed by atoms with Crippen molar-refractivity contribution in [1.82, 2.24) is 0 Å². The number of methoxy groups -OCH3 is 1. The fraction of sp³-hybridized carbons (Fsp3) is 0.263. The van der Waals surface area contributed by atoms with Gasteiger partial charge in [0.15, 0.2) is 11.5 Å². The molecule has 1 heterocycles. The van der Waals surface area contributed by atoms with E-state index < -0.39 is 0 Å². The highest BCUT2D eigenvalue weighted by molar-refractivity contribution is 9.10. The largest absolute Gasteiger partial charge is 0.486 e. The van der Waals surface area contributed by atoms with Crippen LogP contribution in [0.1, 0.15) is 5.56 Å². The molecule has 0 saturated carbocycles. The van der Waals surface area contributed by atoms with Gasteiger partial charge in [-0.2, -0.15) is 0 Å². The average Bonchev–Trinajstić information content (AvgIpc) is 2.62. The average molecular weight is 435 g/mol. The number of carbonyl (C=O) groups excluding carboxylic acids is 2. The topological polar surface area (TPSA) is 85.9 Å². The Kier molecular flexibility index (Phi) is 6.31. The zero-order valence-corrected chi connectivity index (χ0v) is 16.3. The first-order chi connectivity index (χ1) is 13.0. The second-order valence-electron chi connectivity index (χ2n) is 5.87. The van der Waals surface area contributed by atoms with Crippen LogP contribution in [-0.2, 0) is 20.7 Å². The van der Waals surface area contributed by atoms with Crippen molar-refractivity contribution in [1.29, 1.82) is 0 Å². The summed E-state index contributed by atoms with van der Waals surface area (Å²) in [6.07, 6.45) is 0.164. The molecule has 0 spiro atoms. The van der Waals surface area contributed by atoms with E-state index in [1.165, 1.54) is 7.11 Å². The Hall–Kier alpha value is -2.58. The number of anilines is 2. The van der Waals surface area contributed by atoms with Crippen LogP contribution < -0.4 is 20.1 Å². The van der Waals surface area contributed by atoms with Crippen LogP contribution in [0.25, 0.3) is 0 Å². The molecule has 7 nitrogen and oxygen atoms in total. The van der Waals surface area contributed by atoms with Crippen LogP contribution in [0, 0.1) is 0 Å². The fourth-order valence-electron chi connectivity index (χ4n) is 2.62. The number of nitrogens with one attached hydrogen (secondary N) is 2. The van der Waals surface area contributed by atoms with Gasteiger partial charge in [-0.15, -0.1) is 0 Å². The summed E-state index contributed by atoms with van der Waals surface area (Å²) in [6.45, 7) is 0.965. The zero-order chi connectivity index (χ0) is 19.2. The van der Waals surface area contributed by atoms with Gasteiger partial charge >= 0.3 is 0 Å². The van der Waals surface area contributed by atoms with Crippen LogP contribution in [0.2, 0.25) is 0 Å². The number of fused-ring (bicyclic) bond motifs is 1. The van der Waals surface area contributed by atoms with Gasteiger partial charge in [0.05, 0.1) is 6.42 Å². The number of ether oxygens (including phenoxy) is 3. The van der Waals surface area contributed by atoms with Gasteiger partial charge in [-0.1, -0.05) is 22.0 Å². The Morgan fingerprint density at radius 2 is 1.67 bits per heavy atom. The molecular weight excluding hydrogens is 416 g/mol. The minimum atomic E-state index is -0.263.